The van der Waals surface area contributed by atoms with Crippen molar-refractivity contribution in [3.63, 3.8) is 0 Å². The molecule has 0 aromatic heterocycles. The number of aliphatic hydroxyl groups excluding tert-OH is 1. The Labute approximate surface area is 103 Å². The average molecular weight is 226 g/mol. The summed E-state index contributed by atoms with van der Waals surface area (Å²) in [5, 5.41) is 7.83. The predicted octanol–water partition coefficient (Wildman–Crippen LogP) is 0.625. The predicted molar refractivity (Wildman–Crippen MR) is 73.8 cm³/mol. The van der Waals surface area contributed by atoms with Crippen molar-refractivity contribution in [1.82, 2.24) is 0 Å². The summed E-state index contributed by atoms with van der Waals surface area (Å²) in [6.07, 6.45) is -0.667. The molecule has 0 fully saturated rings. The molecule has 1 atom stereocenters. The first-order valence-corrected chi connectivity index (χ1v) is 5.57. The Bertz CT molecular complexity index is 363. The lowest BCUT2D eigenvalue weighted by Crippen LogP contribution is -2.26. The van der Waals surface area contributed by atoms with Gasteiger partial charge >= 0.3 is 0 Å². The molecular formula is C14H17BNO. The van der Waals surface area contributed by atoms with Gasteiger partial charge in [-0.3, -0.25) is 0 Å². The lowest BCUT2D eigenvalue weighted by Gasteiger charge is -1.98. The second kappa shape index (κ2) is 7.66. The molecule has 0 spiro atoms. The summed E-state index contributed by atoms with van der Waals surface area (Å²) in [5.74, 6) is 0. The molecule has 0 aliphatic heterocycles. The lowest BCUT2D eigenvalue weighted by molar-refractivity contribution is 0.203. The molecule has 3 heteroatoms. The van der Waals surface area contributed by atoms with E-state index < -0.39 is 6.23 Å². The number of benzene rings is 2. The third-order valence-electron chi connectivity index (χ3n) is 1.93. The zero-order valence-corrected chi connectivity index (χ0v) is 9.95. The van der Waals surface area contributed by atoms with Gasteiger partial charge in [-0.1, -0.05) is 71.6 Å². The highest BCUT2D eigenvalue weighted by Crippen LogP contribution is 1.84. The quantitative estimate of drug-likeness (QED) is 0.582. The molecule has 0 saturated carbocycles. The van der Waals surface area contributed by atoms with E-state index in [-0.39, 0.29) is 0 Å². The molecule has 0 aliphatic carbocycles. The van der Waals surface area contributed by atoms with Crippen molar-refractivity contribution >= 4 is 18.2 Å². The largest absolute Gasteiger partial charge is 0.379 e. The molecule has 87 valence electrons. The van der Waals surface area contributed by atoms with Gasteiger partial charge in [0.1, 0.15) is 0 Å². The number of aliphatic hydroxyl groups is 1. The summed E-state index contributed by atoms with van der Waals surface area (Å²) in [6, 6.07) is 20.7. The van der Waals surface area contributed by atoms with Gasteiger partial charge in [0.2, 0.25) is 0 Å². The molecule has 0 heterocycles. The Morgan fingerprint density at radius 1 is 0.882 bits per heavy atom. The van der Waals surface area contributed by atoms with Gasteiger partial charge in [0.25, 0.3) is 0 Å². The van der Waals surface area contributed by atoms with E-state index in [2.05, 4.69) is 61.5 Å². The van der Waals surface area contributed by atoms with Crippen LogP contribution in [0.2, 0.25) is 0 Å². The van der Waals surface area contributed by atoms with Gasteiger partial charge in [-0.25, -0.2) is 0 Å². The normalized spacial score (nSPS) is 11.0. The van der Waals surface area contributed by atoms with Gasteiger partial charge in [-0.15, -0.1) is 0 Å². The Hall–Kier alpha value is -1.58. The van der Waals surface area contributed by atoms with E-state index in [9.17, 15) is 0 Å². The van der Waals surface area contributed by atoms with Crippen LogP contribution in [-0.2, 0) is 0 Å². The van der Waals surface area contributed by atoms with Gasteiger partial charge in [-0.05, 0) is 6.92 Å². The molecule has 1 unspecified atom stereocenters. The summed E-state index contributed by atoms with van der Waals surface area (Å²) < 4.78 is 0. The Kier molecular flexibility index (Phi) is 6.08. The van der Waals surface area contributed by atoms with E-state index in [1.807, 2.05) is 12.1 Å². The van der Waals surface area contributed by atoms with Crippen molar-refractivity contribution < 1.29 is 5.11 Å². The molecule has 2 nitrogen and oxygen atoms in total. The van der Waals surface area contributed by atoms with Crippen LogP contribution in [-0.4, -0.2) is 18.6 Å². The van der Waals surface area contributed by atoms with E-state index in [4.69, 9.17) is 5.11 Å². The molecule has 3 N–H and O–H groups in total. The number of nitrogens with two attached hydrogens (primary N) is 1. The van der Waals surface area contributed by atoms with Crippen LogP contribution < -0.4 is 16.7 Å². The first-order valence-electron chi connectivity index (χ1n) is 5.57. The zero-order chi connectivity index (χ0) is 12.5. The minimum absolute atomic E-state index is 0.667. The van der Waals surface area contributed by atoms with Crippen LogP contribution in [0.3, 0.4) is 0 Å². The average Bonchev–Trinajstić information content (AvgIpc) is 2.31. The minimum atomic E-state index is -0.667. The molecular weight excluding hydrogens is 209 g/mol. The Morgan fingerprint density at radius 2 is 1.18 bits per heavy atom. The second-order valence-electron chi connectivity index (χ2n) is 3.71. The van der Waals surface area contributed by atoms with Gasteiger partial charge < -0.3 is 10.8 Å². The van der Waals surface area contributed by atoms with Crippen LogP contribution in [0.15, 0.2) is 60.7 Å². The fourth-order valence-corrected chi connectivity index (χ4v) is 1.29. The summed E-state index contributed by atoms with van der Waals surface area (Å²) in [4.78, 5) is 0. The Morgan fingerprint density at radius 3 is 1.47 bits per heavy atom. The van der Waals surface area contributed by atoms with Crippen molar-refractivity contribution in [2.24, 2.45) is 5.73 Å². The van der Waals surface area contributed by atoms with Gasteiger partial charge in [0, 0.05) is 0 Å². The molecule has 0 amide bonds. The number of hydrogen-bond acceptors (Lipinski definition) is 2. The van der Waals surface area contributed by atoms with Gasteiger partial charge in [0.15, 0.2) is 7.28 Å². The third-order valence-corrected chi connectivity index (χ3v) is 1.93. The van der Waals surface area contributed by atoms with E-state index >= 15 is 0 Å². The minimum Gasteiger partial charge on any atom is -0.379 e. The summed E-state index contributed by atoms with van der Waals surface area (Å²) >= 11 is 0. The second-order valence-corrected chi connectivity index (χ2v) is 3.71. The lowest BCUT2D eigenvalue weighted by atomic mass is 9.64. The van der Waals surface area contributed by atoms with Crippen LogP contribution >= 0.6 is 0 Å². The van der Waals surface area contributed by atoms with Crippen molar-refractivity contribution in [2.75, 3.05) is 0 Å². The molecule has 0 aliphatic rings. The van der Waals surface area contributed by atoms with E-state index in [0.29, 0.717) is 0 Å². The molecule has 17 heavy (non-hydrogen) atoms. The highest BCUT2D eigenvalue weighted by atomic mass is 16.3. The molecule has 0 saturated heterocycles. The van der Waals surface area contributed by atoms with Crippen LogP contribution in [0.25, 0.3) is 0 Å². The summed E-state index contributed by atoms with van der Waals surface area (Å²) in [7, 11) is 2.17. The van der Waals surface area contributed by atoms with Crippen molar-refractivity contribution in [3.05, 3.63) is 60.7 Å². The fraction of sp³-hybridized carbons (Fsp3) is 0.143. The summed E-state index contributed by atoms with van der Waals surface area (Å²) in [5.41, 5.74) is 7.16. The number of rotatable bonds is 2. The Balaban J connectivity index is 0.000000317. The van der Waals surface area contributed by atoms with Crippen molar-refractivity contribution in [1.29, 1.82) is 0 Å². The fourth-order valence-electron chi connectivity index (χ4n) is 1.29. The topological polar surface area (TPSA) is 46.2 Å². The first kappa shape index (κ1) is 13.5. The van der Waals surface area contributed by atoms with Gasteiger partial charge in [0.05, 0.1) is 6.23 Å². The van der Waals surface area contributed by atoms with E-state index in [0.717, 1.165) is 0 Å². The maximum absolute atomic E-state index is 7.83. The van der Waals surface area contributed by atoms with E-state index in [1.54, 1.807) is 0 Å². The summed E-state index contributed by atoms with van der Waals surface area (Å²) in [6.45, 7) is 1.50. The van der Waals surface area contributed by atoms with Crippen LogP contribution in [0.5, 0.6) is 0 Å². The monoisotopic (exact) mass is 226 g/mol. The molecule has 0 bridgehead atoms. The maximum atomic E-state index is 7.83. The van der Waals surface area contributed by atoms with Crippen LogP contribution in [0, 0.1) is 0 Å². The molecule has 1 radical (unpaired) electrons. The van der Waals surface area contributed by atoms with Crippen LogP contribution in [0.4, 0.5) is 0 Å². The smallest absolute Gasteiger partial charge is 0.191 e. The SMILES string of the molecule is CC(N)O.[B](c1ccccc1)c1ccccc1. The molecule has 2 rings (SSSR count). The highest BCUT2D eigenvalue weighted by molar-refractivity contribution is 6.67. The third kappa shape index (κ3) is 6.56. The van der Waals surface area contributed by atoms with Crippen LogP contribution in [0.1, 0.15) is 6.92 Å². The number of hydrogen-bond donors (Lipinski definition) is 2. The molecule has 2 aromatic rings. The maximum Gasteiger partial charge on any atom is 0.191 e. The van der Waals surface area contributed by atoms with Gasteiger partial charge in [-0.2, -0.15) is 0 Å². The highest BCUT2D eigenvalue weighted by Gasteiger charge is 1.95. The van der Waals surface area contributed by atoms with Crippen molar-refractivity contribution in [2.45, 2.75) is 13.2 Å². The standard InChI is InChI=1S/C12H10B.C2H7NO/c1-3-7-11(8-4-1)13-12-9-5-2-6-10-12;1-2(3)4/h1-10H;2,4H,3H2,1H3. The van der Waals surface area contributed by atoms with E-state index in [1.165, 1.54) is 17.8 Å². The zero-order valence-electron chi connectivity index (χ0n) is 9.95. The first-order chi connectivity index (χ1) is 8.18. The molecule has 2 aromatic carbocycles. The van der Waals surface area contributed by atoms with Crippen molar-refractivity contribution in [3.8, 4) is 0 Å².